The fourth-order valence-electron chi connectivity index (χ4n) is 3.63. The van der Waals surface area contributed by atoms with Crippen LogP contribution < -0.4 is 11.5 Å². The third-order valence-corrected chi connectivity index (χ3v) is 5.70. The van der Waals surface area contributed by atoms with Crippen LogP contribution in [0.15, 0.2) is 61.1 Å². The van der Waals surface area contributed by atoms with Crippen molar-refractivity contribution in [2.24, 2.45) is 5.73 Å². The quantitative estimate of drug-likeness (QED) is 0.391. The first kappa shape index (κ1) is 20.5. The van der Waals surface area contributed by atoms with Crippen molar-refractivity contribution in [2.75, 3.05) is 11.5 Å². The zero-order valence-electron chi connectivity index (χ0n) is 16.3. The Labute approximate surface area is 178 Å². The van der Waals surface area contributed by atoms with Crippen molar-refractivity contribution in [3.63, 3.8) is 0 Å². The zero-order chi connectivity index (χ0) is 22.2. The standard InChI is InChI=1S/C21H19N5O4S/c22-19-18-16(13-5-2-1-3-6-13)11-26(21(18)25-12-24-19)17-8-4-7-15(20(23)27)14(17)9-10-31(28,29)30/h1-8,11-12H,9-10H2,(H2,23,27)(H2,22,24,25)(H,28,29,30). The minimum atomic E-state index is -4.26. The number of carbonyl (C=O) groups excluding carboxylic acids is 1. The first-order chi connectivity index (χ1) is 14.8. The number of rotatable bonds is 6. The highest BCUT2D eigenvalue weighted by Crippen LogP contribution is 2.35. The Bertz CT molecular complexity index is 1400. The molecule has 158 valence electrons. The topological polar surface area (TPSA) is 154 Å². The van der Waals surface area contributed by atoms with E-state index in [0.717, 1.165) is 11.1 Å². The molecule has 2 aromatic heterocycles. The summed E-state index contributed by atoms with van der Waals surface area (Å²) in [6.45, 7) is 0. The molecule has 31 heavy (non-hydrogen) atoms. The summed E-state index contributed by atoms with van der Waals surface area (Å²) >= 11 is 0. The lowest BCUT2D eigenvalue weighted by Crippen LogP contribution is -2.18. The van der Waals surface area contributed by atoms with E-state index in [0.29, 0.717) is 22.3 Å². The van der Waals surface area contributed by atoms with Gasteiger partial charge >= 0.3 is 0 Å². The number of hydrogen-bond acceptors (Lipinski definition) is 6. The Morgan fingerprint density at radius 1 is 1.06 bits per heavy atom. The van der Waals surface area contributed by atoms with E-state index in [-0.39, 0.29) is 17.8 Å². The molecule has 0 saturated heterocycles. The SMILES string of the molecule is NC(=O)c1cccc(-n2cc(-c3ccccc3)c3c(N)ncnc32)c1CCS(=O)(=O)O. The molecule has 0 fully saturated rings. The predicted molar refractivity (Wildman–Crippen MR) is 117 cm³/mol. The number of fused-ring (bicyclic) bond motifs is 1. The van der Waals surface area contributed by atoms with Gasteiger partial charge in [-0.3, -0.25) is 9.35 Å². The maximum atomic E-state index is 12.0. The Morgan fingerprint density at radius 3 is 2.48 bits per heavy atom. The highest BCUT2D eigenvalue weighted by molar-refractivity contribution is 7.85. The first-order valence-electron chi connectivity index (χ1n) is 9.30. The molecule has 0 bridgehead atoms. The Morgan fingerprint density at radius 2 is 1.81 bits per heavy atom. The summed E-state index contributed by atoms with van der Waals surface area (Å²) in [7, 11) is -4.26. The molecule has 0 unspecified atom stereocenters. The number of nitrogen functional groups attached to an aromatic ring is 1. The van der Waals surface area contributed by atoms with E-state index < -0.39 is 21.8 Å². The van der Waals surface area contributed by atoms with Crippen LogP contribution in [0.25, 0.3) is 27.8 Å². The van der Waals surface area contributed by atoms with Gasteiger partial charge in [0.05, 0.1) is 16.8 Å². The third kappa shape index (κ3) is 3.98. The van der Waals surface area contributed by atoms with Gasteiger partial charge in [0.1, 0.15) is 12.1 Å². The summed E-state index contributed by atoms with van der Waals surface area (Å²) in [6.07, 6.45) is 3.02. The molecule has 0 spiro atoms. The van der Waals surface area contributed by atoms with Gasteiger partial charge in [-0.1, -0.05) is 36.4 Å². The van der Waals surface area contributed by atoms with E-state index in [9.17, 15) is 17.8 Å². The maximum absolute atomic E-state index is 12.0. The van der Waals surface area contributed by atoms with E-state index >= 15 is 0 Å². The summed E-state index contributed by atoms with van der Waals surface area (Å²) in [5.41, 5.74) is 14.9. The van der Waals surface area contributed by atoms with Crippen LogP contribution in [-0.4, -0.2) is 39.2 Å². The number of nitrogens with zero attached hydrogens (tertiary/aromatic N) is 3. The van der Waals surface area contributed by atoms with Gasteiger partial charge in [-0.05, 0) is 29.7 Å². The molecule has 1 amide bonds. The lowest BCUT2D eigenvalue weighted by molar-refractivity contribution is 0.0999. The largest absolute Gasteiger partial charge is 0.383 e. The molecule has 0 aliphatic carbocycles. The number of hydrogen-bond donors (Lipinski definition) is 3. The fraction of sp³-hybridized carbons (Fsp3) is 0.0952. The van der Waals surface area contributed by atoms with Crippen LogP contribution in [0.5, 0.6) is 0 Å². The summed E-state index contributed by atoms with van der Waals surface area (Å²) in [4.78, 5) is 20.5. The molecule has 2 aromatic carbocycles. The number of nitrogens with two attached hydrogens (primary N) is 2. The molecule has 0 saturated carbocycles. The third-order valence-electron chi connectivity index (χ3n) is 4.98. The smallest absolute Gasteiger partial charge is 0.265 e. The van der Waals surface area contributed by atoms with Gasteiger partial charge in [0, 0.05) is 17.3 Å². The van der Waals surface area contributed by atoms with Crippen LogP contribution in [0.4, 0.5) is 5.82 Å². The van der Waals surface area contributed by atoms with Gasteiger partial charge in [-0.2, -0.15) is 8.42 Å². The van der Waals surface area contributed by atoms with Gasteiger partial charge < -0.3 is 16.0 Å². The van der Waals surface area contributed by atoms with Crippen LogP contribution in [0.2, 0.25) is 0 Å². The van der Waals surface area contributed by atoms with E-state index in [1.54, 1.807) is 16.7 Å². The molecule has 0 atom stereocenters. The van der Waals surface area contributed by atoms with Gasteiger partial charge in [-0.15, -0.1) is 0 Å². The van der Waals surface area contributed by atoms with E-state index in [1.165, 1.54) is 12.4 Å². The monoisotopic (exact) mass is 437 g/mol. The second kappa shape index (κ2) is 7.82. The molecule has 2 heterocycles. The van der Waals surface area contributed by atoms with Crippen molar-refractivity contribution in [2.45, 2.75) is 6.42 Å². The molecule has 4 rings (SSSR count). The van der Waals surface area contributed by atoms with Crippen molar-refractivity contribution in [1.29, 1.82) is 0 Å². The minimum Gasteiger partial charge on any atom is -0.383 e. The number of aromatic nitrogens is 3. The predicted octanol–water partition coefficient (Wildman–Crippen LogP) is 2.20. The molecule has 0 aliphatic heterocycles. The van der Waals surface area contributed by atoms with Gasteiger partial charge in [0.25, 0.3) is 10.1 Å². The molecule has 10 heteroatoms. The minimum absolute atomic E-state index is 0.117. The highest BCUT2D eigenvalue weighted by atomic mass is 32.2. The van der Waals surface area contributed by atoms with E-state index in [1.807, 2.05) is 36.5 Å². The molecule has 5 N–H and O–H groups in total. The molecule has 4 aromatic rings. The van der Waals surface area contributed by atoms with Crippen molar-refractivity contribution in [3.05, 3.63) is 72.2 Å². The van der Waals surface area contributed by atoms with Gasteiger partial charge in [0.2, 0.25) is 5.91 Å². The maximum Gasteiger partial charge on any atom is 0.265 e. The van der Waals surface area contributed by atoms with Crippen molar-refractivity contribution in [3.8, 4) is 16.8 Å². The lowest BCUT2D eigenvalue weighted by Gasteiger charge is -2.14. The highest BCUT2D eigenvalue weighted by Gasteiger charge is 2.21. The van der Waals surface area contributed by atoms with Crippen LogP contribution in [-0.2, 0) is 16.5 Å². The first-order valence-corrected chi connectivity index (χ1v) is 10.9. The normalized spacial score (nSPS) is 11.6. The van der Waals surface area contributed by atoms with Crippen LogP contribution in [0.3, 0.4) is 0 Å². The summed E-state index contributed by atoms with van der Waals surface area (Å²) < 4.78 is 33.7. The second-order valence-electron chi connectivity index (χ2n) is 6.94. The average Bonchev–Trinajstić information content (AvgIpc) is 3.13. The van der Waals surface area contributed by atoms with Crippen LogP contribution in [0.1, 0.15) is 15.9 Å². The van der Waals surface area contributed by atoms with E-state index in [4.69, 9.17) is 11.5 Å². The zero-order valence-corrected chi connectivity index (χ0v) is 17.1. The lowest BCUT2D eigenvalue weighted by atomic mass is 10.0. The number of carbonyl (C=O) groups is 1. The molecule has 9 nitrogen and oxygen atoms in total. The Kier molecular flexibility index (Phi) is 5.17. The number of benzene rings is 2. The van der Waals surface area contributed by atoms with E-state index in [2.05, 4.69) is 9.97 Å². The number of primary amides is 1. The van der Waals surface area contributed by atoms with Crippen molar-refractivity contribution in [1.82, 2.24) is 14.5 Å². The number of anilines is 1. The Hall–Kier alpha value is -3.76. The van der Waals surface area contributed by atoms with Crippen LogP contribution in [0, 0.1) is 0 Å². The van der Waals surface area contributed by atoms with Gasteiger partial charge in [0.15, 0.2) is 5.65 Å². The molecular formula is C21H19N5O4S. The van der Waals surface area contributed by atoms with Crippen molar-refractivity contribution < 1.29 is 17.8 Å². The summed E-state index contributed by atoms with van der Waals surface area (Å²) in [6, 6.07) is 14.4. The van der Waals surface area contributed by atoms with Crippen LogP contribution >= 0.6 is 0 Å². The van der Waals surface area contributed by atoms with Crippen molar-refractivity contribution >= 4 is 32.9 Å². The Balaban J connectivity index is 2.01. The summed E-state index contributed by atoms with van der Waals surface area (Å²) in [5.74, 6) is -0.985. The fourth-order valence-corrected chi connectivity index (χ4v) is 4.09. The molecular weight excluding hydrogens is 418 g/mol. The van der Waals surface area contributed by atoms with Gasteiger partial charge in [-0.25, -0.2) is 9.97 Å². The molecule has 0 aliphatic rings. The number of amides is 1. The second-order valence-corrected chi connectivity index (χ2v) is 8.51. The molecule has 0 radical (unpaired) electrons. The average molecular weight is 437 g/mol. The summed E-state index contributed by atoms with van der Waals surface area (Å²) in [5, 5.41) is 0.624.